The molecule has 0 radical (unpaired) electrons. The largest absolute Gasteiger partial charge is 0.489 e. The van der Waals surface area contributed by atoms with Gasteiger partial charge in [0.15, 0.2) is 6.29 Å². The minimum Gasteiger partial charge on any atom is -0.489 e. The highest BCUT2D eigenvalue weighted by atomic mass is 79.9. The summed E-state index contributed by atoms with van der Waals surface area (Å²) in [5, 5.41) is 0. The molecule has 1 rings (SSSR count). The maximum absolute atomic E-state index is 11.2. The topological polar surface area (TPSA) is 56.5 Å². The van der Waals surface area contributed by atoms with Gasteiger partial charge in [0.25, 0.3) is 0 Å². The molecule has 1 heterocycles. The highest BCUT2D eigenvalue weighted by Crippen LogP contribution is 2.14. The number of carbonyl (C=O) groups is 1. The summed E-state index contributed by atoms with van der Waals surface area (Å²) in [7, 11) is 1.30. The molecule has 5 heteroatoms. The molecule has 0 fully saturated rings. The molecule has 1 aromatic heterocycles. The van der Waals surface area contributed by atoms with Crippen molar-refractivity contribution in [1.29, 1.82) is 0 Å². The van der Waals surface area contributed by atoms with E-state index in [1.807, 2.05) is 0 Å². The van der Waals surface area contributed by atoms with Gasteiger partial charge in [-0.05, 0) is 15.9 Å². The van der Waals surface area contributed by atoms with Gasteiger partial charge in [-0.2, -0.15) is 0 Å². The van der Waals surface area contributed by atoms with E-state index in [1.54, 1.807) is 0 Å². The third-order valence-corrected chi connectivity index (χ3v) is 1.79. The Morgan fingerprint density at radius 3 is 2.83 bits per heavy atom. The van der Waals surface area contributed by atoms with Crippen molar-refractivity contribution in [2.24, 2.45) is 0 Å². The van der Waals surface area contributed by atoms with Crippen molar-refractivity contribution in [1.82, 2.24) is 0 Å². The molecule has 0 saturated carbocycles. The number of ether oxygens (including phenoxy) is 1. The summed E-state index contributed by atoms with van der Waals surface area (Å²) in [5.41, 5.74) is -0.397. The van der Waals surface area contributed by atoms with Crippen molar-refractivity contribution >= 4 is 22.2 Å². The van der Waals surface area contributed by atoms with E-state index in [1.165, 1.54) is 7.11 Å². The van der Waals surface area contributed by atoms with Crippen LogP contribution >= 0.6 is 15.9 Å². The number of methoxy groups -OCH3 is 1. The number of carbonyl (C=O) groups excluding carboxylic acids is 1. The zero-order valence-corrected chi connectivity index (χ0v) is 7.75. The van der Waals surface area contributed by atoms with Gasteiger partial charge in [0.1, 0.15) is 10.7 Å². The quantitative estimate of drug-likeness (QED) is 0.720. The second-order valence-electron chi connectivity index (χ2n) is 1.93. The molecule has 0 aliphatic carbocycles. The summed E-state index contributed by atoms with van der Waals surface area (Å²) < 4.78 is 9.68. The van der Waals surface area contributed by atoms with E-state index < -0.39 is 5.43 Å². The van der Waals surface area contributed by atoms with Gasteiger partial charge < -0.3 is 9.15 Å². The molecule has 0 amide bonds. The fraction of sp³-hybridized carbons (Fsp3) is 0.143. The zero-order chi connectivity index (χ0) is 9.14. The van der Waals surface area contributed by atoms with Crippen molar-refractivity contribution in [3.8, 4) is 5.75 Å². The molecular weight excluding hydrogens is 228 g/mol. The predicted molar refractivity (Wildman–Crippen MR) is 44.6 cm³/mol. The number of hydrogen-bond acceptors (Lipinski definition) is 4. The Balaban J connectivity index is 3.46. The first-order valence-corrected chi connectivity index (χ1v) is 3.80. The van der Waals surface area contributed by atoms with Crippen LogP contribution < -0.4 is 10.2 Å². The number of halogens is 1. The van der Waals surface area contributed by atoms with Crippen molar-refractivity contribution in [3.63, 3.8) is 0 Å². The van der Waals surface area contributed by atoms with E-state index in [0.29, 0.717) is 6.29 Å². The van der Waals surface area contributed by atoms with E-state index in [0.717, 1.165) is 6.26 Å². The molecule has 0 aliphatic heterocycles. The van der Waals surface area contributed by atoms with Crippen LogP contribution in [0.25, 0.3) is 0 Å². The Hall–Kier alpha value is -1.10. The molecule has 0 N–H and O–H groups in total. The molecule has 4 nitrogen and oxygen atoms in total. The zero-order valence-electron chi connectivity index (χ0n) is 6.17. The van der Waals surface area contributed by atoms with Crippen molar-refractivity contribution < 1.29 is 13.9 Å². The van der Waals surface area contributed by atoms with Crippen molar-refractivity contribution in [2.75, 3.05) is 7.11 Å². The standard InChI is InChI=1S/C7H5BrO4/c1-11-7-5(2-9)12-3-4(8)6(7)10/h2-3H,1H3. The Labute approximate surface area is 76.3 Å². The van der Waals surface area contributed by atoms with Gasteiger partial charge in [-0.1, -0.05) is 0 Å². The number of rotatable bonds is 2. The maximum atomic E-state index is 11.2. The molecule has 0 atom stereocenters. The molecule has 0 unspecified atom stereocenters. The predicted octanol–water partition coefficient (Wildman–Crippen LogP) is 1.22. The fourth-order valence-corrected chi connectivity index (χ4v) is 0.991. The van der Waals surface area contributed by atoms with Crippen LogP contribution in [0.5, 0.6) is 5.75 Å². The van der Waals surface area contributed by atoms with E-state index in [4.69, 9.17) is 4.42 Å². The summed E-state index contributed by atoms with van der Waals surface area (Å²) in [6, 6.07) is 0. The molecular formula is C7H5BrO4. The first-order chi connectivity index (χ1) is 5.70. The monoisotopic (exact) mass is 232 g/mol. The third-order valence-electron chi connectivity index (χ3n) is 1.25. The first-order valence-electron chi connectivity index (χ1n) is 3.01. The van der Waals surface area contributed by atoms with Crippen molar-refractivity contribution in [3.05, 3.63) is 26.7 Å². The maximum Gasteiger partial charge on any atom is 0.241 e. The van der Waals surface area contributed by atoms with Gasteiger partial charge in [-0.3, -0.25) is 9.59 Å². The van der Waals surface area contributed by atoms with E-state index in [-0.39, 0.29) is 16.0 Å². The van der Waals surface area contributed by atoms with Crippen LogP contribution in [-0.2, 0) is 0 Å². The molecule has 64 valence electrons. The van der Waals surface area contributed by atoms with Crippen LogP contribution in [0.1, 0.15) is 10.6 Å². The Kier molecular flexibility index (Phi) is 2.65. The Morgan fingerprint density at radius 2 is 2.33 bits per heavy atom. The molecule has 0 bridgehead atoms. The lowest BCUT2D eigenvalue weighted by Gasteiger charge is -1.99. The number of aldehydes is 1. The van der Waals surface area contributed by atoms with Gasteiger partial charge in [-0.25, -0.2) is 0 Å². The lowest BCUT2D eigenvalue weighted by atomic mass is 10.4. The molecule has 0 aliphatic rings. The molecule has 1 aromatic rings. The second-order valence-corrected chi connectivity index (χ2v) is 2.78. The summed E-state index contributed by atoms with van der Waals surface area (Å²) in [6.45, 7) is 0. The summed E-state index contributed by atoms with van der Waals surface area (Å²) in [6.07, 6.45) is 1.57. The molecule has 0 aromatic carbocycles. The summed E-state index contributed by atoms with van der Waals surface area (Å²) in [4.78, 5) is 21.5. The minimum absolute atomic E-state index is 0.0839. The average Bonchev–Trinajstić information content (AvgIpc) is 2.09. The fourth-order valence-electron chi connectivity index (χ4n) is 0.717. The van der Waals surface area contributed by atoms with Crippen LogP contribution in [0.15, 0.2) is 19.9 Å². The SMILES string of the molecule is COc1c(C=O)occ(Br)c1=O. The Bertz CT molecular complexity index is 355. The highest BCUT2D eigenvalue weighted by molar-refractivity contribution is 9.10. The van der Waals surface area contributed by atoms with Crippen LogP contribution in [0.3, 0.4) is 0 Å². The highest BCUT2D eigenvalue weighted by Gasteiger charge is 2.11. The molecule has 12 heavy (non-hydrogen) atoms. The average molecular weight is 233 g/mol. The van der Waals surface area contributed by atoms with Gasteiger partial charge in [0.05, 0.1) is 7.11 Å². The van der Waals surface area contributed by atoms with Gasteiger partial charge >= 0.3 is 0 Å². The Morgan fingerprint density at radius 1 is 1.67 bits per heavy atom. The van der Waals surface area contributed by atoms with Gasteiger partial charge in [0.2, 0.25) is 16.9 Å². The van der Waals surface area contributed by atoms with Crippen LogP contribution in [0.2, 0.25) is 0 Å². The molecule has 0 saturated heterocycles. The first kappa shape index (κ1) is 8.99. The smallest absolute Gasteiger partial charge is 0.241 e. The van der Waals surface area contributed by atoms with E-state index in [2.05, 4.69) is 20.7 Å². The minimum atomic E-state index is -0.397. The third kappa shape index (κ3) is 1.40. The van der Waals surface area contributed by atoms with Crippen LogP contribution in [-0.4, -0.2) is 13.4 Å². The number of hydrogen-bond donors (Lipinski definition) is 0. The van der Waals surface area contributed by atoms with E-state index in [9.17, 15) is 9.59 Å². The summed E-state index contributed by atoms with van der Waals surface area (Å²) >= 11 is 2.95. The lowest BCUT2D eigenvalue weighted by molar-refractivity contribution is 0.109. The summed E-state index contributed by atoms with van der Waals surface area (Å²) in [5.74, 6) is -0.190. The van der Waals surface area contributed by atoms with Crippen molar-refractivity contribution in [2.45, 2.75) is 0 Å². The van der Waals surface area contributed by atoms with Crippen LogP contribution in [0, 0.1) is 0 Å². The normalized spacial score (nSPS) is 9.50. The van der Waals surface area contributed by atoms with Gasteiger partial charge in [0, 0.05) is 0 Å². The second kappa shape index (κ2) is 3.53. The lowest BCUT2D eigenvalue weighted by Crippen LogP contribution is -2.08. The van der Waals surface area contributed by atoms with E-state index >= 15 is 0 Å². The van der Waals surface area contributed by atoms with Gasteiger partial charge in [-0.15, -0.1) is 0 Å². The van der Waals surface area contributed by atoms with Crippen LogP contribution in [0.4, 0.5) is 0 Å². The molecule has 0 spiro atoms.